The number of nitrogens with zero attached hydrogens (tertiary/aromatic N) is 4. The van der Waals surface area contributed by atoms with Crippen LogP contribution in [0, 0.1) is 11.8 Å². The highest BCUT2D eigenvalue weighted by Gasteiger charge is 2.44. The van der Waals surface area contributed by atoms with E-state index in [-0.39, 0.29) is 55.2 Å². The molecule has 15 heteroatoms. The summed E-state index contributed by atoms with van der Waals surface area (Å²) in [5.41, 5.74) is 2.77. The second-order valence-corrected chi connectivity index (χ2v) is 17.5. The summed E-state index contributed by atoms with van der Waals surface area (Å²) in [6, 6.07) is 17.9. The first-order valence-corrected chi connectivity index (χ1v) is 20.6. The van der Waals surface area contributed by atoms with Gasteiger partial charge in [0.15, 0.2) is 11.4 Å². The molecule has 0 radical (unpaired) electrons. The van der Waals surface area contributed by atoms with Gasteiger partial charge in [-0.3, -0.25) is 9.88 Å². The summed E-state index contributed by atoms with van der Waals surface area (Å²) in [7, 11) is -4.05. The fourth-order valence-electron chi connectivity index (χ4n) is 7.33. The number of ether oxygens (including phenoxy) is 3. The van der Waals surface area contributed by atoms with Crippen molar-refractivity contribution in [1.29, 1.82) is 0 Å². The van der Waals surface area contributed by atoms with Crippen LogP contribution in [-0.4, -0.2) is 109 Å². The van der Waals surface area contributed by atoms with Gasteiger partial charge in [0.25, 0.3) is 0 Å². The lowest BCUT2D eigenvalue weighted by atomic mass is 10.0. The van der Waals surface area contributed by atoms with Gasteiger partial charge in [-0.25, -0.2) is 18.2 Å². The van der Waals surface area contributed by atoms with Crippen LogP contribution >= 0.6 is 11.3 Å². The second-order valence-electron chi connectivity index (χ2n) is 14.6. The Labute approximate surface area is 314 Å². The highest BCUT2D eigenvalue weighted by Crippen LogP contribution is 2.34. The standard InChI is InChI=1S/C38H48N6O7S2/c1-25(2)20-44(23-33(45)32(17-26-7-4-3-5-8-26)42-38(46)51-34-24-50-36-30(34)13-16-49-36)53(47,48)29-10-11-31-35(18-29)52-37(41-31)40-28-12-15-43(22-28)21-27-9-6-14-39-19-27/h3-11,14,18-19,25,28,30,32-34,36,45H,12-13,15-17,20-24H2,1-2H3,(H,40,41)(H,42,46)/t28-,30-,32-,33+,34-,36+/m0/s1. The maximum atomic E-state index is 14.3. The van der Waals surface area contributed by atoms with Gasteiger partial charge >= 0.3 is 6.09 Å². The Morgan fingerprint density at radius 1 is 1.09 bits per heavy atom. The van der Waals surface area contributed by atoms with E-state index in [1.807, 2.05) is 56.4 Å². The lowest BCUT2D eigenvalue weighted by molar-refractivity contribution is -0.0907. The number of rotatable bonds is 15. The Balaban J connectivity index is 1.04. The van der Waals surface area contributed by atoms with Crippen molar-refractivity contribution in [1.82, 2.24) is 24.5 Å². The number of sulfonamides is 1. The molecular weight excluding hydrogens is 717 g/mol. The second kappa shape index (κ2) is 16.8. The van der Waals surface area contributed by atoms with Crippen LogP contribution in [0.2, 0.25) is 0 Å². The first-order chi connectivity index (χ1) is 25.6. The first kappa shape index (κ1) is 37.6. The number of carbonyl (C=O) groups excluding carboxylic acids is 1. The quantitative estimate of drug-likeness (QED) is 0.157. The van der Waals surface area contributed by atoms with Crippen molar-refractivity contribution in [2.45, 2.75) is 75.1 Å². The van der Waals surface area contributed by atoms with Gasteiger partial charge in [0.05, 0.1) is 46.4 Å². The van der Waals surface area contributed by atoms with Gasteiger partial charge in [-0.1, -0.05) is 61.6 Å². The predicted molar refractivity (Wildman–Crippen MR) is 202 cm³/mol. The minimum Gasteiger partial charge on any atom is -0.443 e. The van der Waals surface area contributed by atoms with Crippen molar-refractivity contribution in [3.8, 4) is 0 Å². The summed E-state index contributed by atoms with van der Waals surface area (Å²) < 4.78 is 47.6. The molecule has 7 rings (SSSR count). The lowest BCUT2D eigenvalue weighted by Gasteiger charge is -2.31. The van der Waals surface area contributed by atoms with Crippen molar-refractivity contribution in [2.75, 3.05) is 44.7 Å². The third kappa shape index (κ3) is 9.34. The Bertz CT molecular complexity index is 1930. The number of benzene rings is 2. The average Bonchev–Trinajstić information content (AvgIpc) is 3.95. The highest BCUT2D eigenvalue weighted by molar-refractivity contribution is 7.89. The van der Waals surface area contributed by atoms with Crippen LogP contribution in [0.4, 0.5) is 9.93 Å². The van der Waals surface area contributed by atoms with Crippen molar-refractivity contribution < 1.29 is 32.5 Å². The molecule has 0 unspecified atom stereocenters. The molecule has 0 spiro atoms. The van der Waals surface area contributed by atoms with E-state index in [1.165, 1.54) is 21.2 Å². The van der Waals surface area contributed by atoms with Crippen molar-refractivity contribution in [2.24, 2.45) is 11.8 Å². The first-order valence-electron chi connectivity index (χ1n) is 18.3. The molecule has 0 aliphatic carbocycles. The Kier molecular flexibility index (Phi) is 11.9. The molecule has 3 aliphatic rings. The van der Waals surface area contributed by atoms with E-state index in [4.69, 9.17) is 19.2 Å². The van der Waals surface area contributed by atoms with Gasteiger partial charge in [0, 0.05) is 51.2 Å². The molecule has 3 aliphatic heterocycles. The third-order valence-corrected chi connectivity index (χ3v) is 12.8. The fourth-order valence-corrected chi connectivity index (χ4v) is 10.0. The van der Waals surface area contributed by atoms with Crippen molar-refractivity contribution in [3.63, 3.8) is 0 Å². The largest absolute Gasteiger partial charge is 0.443 e. The normalized spacial score (nSPS) is 23.0. The molecule has 5 heterocycles. The van der Waals surface area contributed by atoms with E-state index in [2.05, 4.69) is 26.6 Å². The SMILES string of the molecule is CC(C)CN(C[C@@H](O)[C@H](Cc1ccccc1)NC(=O)O[C@H]1CO[C@H]2OCC[C@H]21)S(=O)(=O)c1ccc2nc(N[C@H]3CCN(Cc4cccnc4)C3)sc2c1. The monoisotopic (exact) mass is 764 g/mol. The number of nitrogens with one attached hydrogen (secondary N) is 2. The van der Waals surface area contributed by atoms with Crippen LogP contribution in [0.25, 0.3) is 10.2 Å². The number of pyridine rings is 1. The van der Waals surface area contributed by atoms with Crippen LogP contribution in [0.1, 0.15) is 37.8 Å². The zero-order chi connectivity index (χ0) is 37.0. The number of hydrogen-bond donors (Lipinski definition) is 3. The number of likely N-dealkylation sites (tertiary alicyclic amines) is 1. The van der Waals surface area contributed by atoms with Gasteiger partial charge in [-0.15, -0.1) is 0 Å². The highest BCUT2D eigenvalue weighted by atomic mass is 32.2. The fraction of sp³-hybridized carbons (Fsp3) is 0.500. The summed E-state index contributed by atoms with van der Waals surface area (Å²) in [6.45, 7) is 7.28. The van der Waals surface area contributed by atoms with Gasteiger partial charge in [-0.2, -0.15) is 4.31 Å². The molecule has 6 atom stereocenters. The maximum Gasteiger partial charge on any atom is 0.407 e. The van der Waals surface area contributed by atoms with Crippen molar-refractivity contribution >= 4 is 42.8 Å². The summed E-state index contributed by atoms with van der Waals surface area (Å²) in [5, 5.41) is 18.8. The number of aromatic nitrogens is 2. The Morgan fingerprint density at radius 2 is 1.92 bits per heavy atom. The molecule has 2 aromatic carbocycles. The van der Waals surface area contributed by atoms with Crippen LogP contribution in [-0.2, 0) is 37.2 Å². The lowest BCUT2D eigenvalue weighted by Crippen LogP contribution is -2.51. The zero-order valence-electron chi connectivity index (χ0n) is 30.0. The zero-order valence-corrected chi connectivity index (χ0v) is 31.7. The van der Waals surface area contributed by atoms with Crippen LogP contribution in [0.5, 0.6) is 0 Å². The summed E-state index contributed by atoms with van der Waals surface area (Å²) in [5.74, 6) is -0.0675. The average molecular weight is 765 g/mol. The Morgan fingerprint density at radius 3 is 2.72 bits per heavy atom. The van der Waals surface area contributed by atoms with E-state index < -0.39 is 34.4 Å². The number of aliphatic hydroxyl groups is 1. The summed E-state index contributed by atoms with van der Waals surface area (Å²) in [6.07, 6.45) is 2.89. The maximum absolute atomic E-state index is 14.3. The molecule has 13 nitrogen and oxygen atoms in total. The molecule has 3 N–H and O–H groups in total. The number of hydrogen-bond acceptors (Lipinski definition) is 12. The number of amides is 1. The molecule has 4 aromatic rings. The molecule has 0 bridgehead atoms. The number of alkyl carbamates (subject to hydrolysis) is 1. The molecule has 284 valence electrons. The predicted octanol–water partition coefficient (Wildman–Crippen LogP) is 4.48. The smallest absolute Gasteiger partial charge is 0.407 e. The van der Waals surface area contributed by atoms with Crippen LogP contribution in [0.15, 0.2) is 78.0 Å². The van der Waals surface area contributed by atoms with Gasteiger partial charge in [0.2, 0.25) is 10.0 Å². The molecule has 1 amide bonds. The molecular formula is C38H48N6O7S2. The third-order valence-electron chi connectivity index (χ3n) is 10.00. The van der Waals surface area contributed by atoms with E-state index in [9.17, 15) is 18.3 Å². The van der Waals surface area contributed by atoms with E-state index in [1.54, 1.807) is 24.4 Å². The topological polar surface area (TPSA) is 155 Å². The number of fused-ring (bicyclic) bond motifs is 2. The summed E-state index contributed by atoms with van der Waals surface area (Å²) in [4.78, 5) is 24.7. The van der Waals surface area contributed by atoms with E-state index in [0.29, 0.717) is 12.1 Å². The molecule has 0 saturated carbocycles. The molecule has 3 saturated heterocycles. The number of aliphatic hydroxyl groups excluding tert-OH is 1. The summed E-state index contributed by atoms with van der Waals surface area (Å²) >= 11 is 1.43. The van der Waals surface area contributed by atoms with Gasteiger partial charge in [0.1, 0.15) is 6.10 Å². The minimum absolute atomic E-state index is 0.0292. The van der Waals surface area contributed by atoms with Crippen LogP contribution in [0.3, 0.4) is 0 Å². The molecule has 3 fully saturated rings. The Hall–Kier alpha value is -3.70. The number of carbonyl (C=O) groups is 1. The number of thiazole rings is 1. The van der Waals surface area contributed by atoms with Crippen LogP contribution < -0.4 is 10.6 Å². The number of anilines is 1. The van der Waals surface area contributed by atoms with Gasteiger partial charge < -0.3 is 30.0 Å². The minimum atomic E-state index is -4.05. The van der Waals surface area contributed by atoms with Crippen molar-refractivity contribution in [3.05, 3.63) is 84.2 Å². The van der Waals surface area contributed by atoms with E-state index in [0.717, 1.165) is 47.9 Å². The van der Waals surface area contributed by atoms with E-state index >= 15 is 0 Å². The molecule has 2 aromatic heterocycles. The molecule has 53 heavy (non-hydrogen) atoms. The van der Waals surface area contributed by atoms with Gasteiger partial charge in [-0.05, 0) is 60.6 Å².